The molecule has 3 atom stereocenters. The fourth-order valence-electron chi connectivity index (χ4n) is 3.45. The van der Waals surface area contributed by atoms with E-state index in [1.807, 2.05) is 0 Å². The van der Waals surface area contributed by atoms with Crippen LogP contribution in [0.2, 0.25) is 0 Å². The van der Waals surface area contributed by atoms with Crippen LogP contribution >= 0.6 is 15.9 Å². The molecule has 2 saturated heterocycles. The zero-order valence-electron chi connectivity index (χ0n) is 11.5. The Labute approximate surface area is 130 Å². The van der Waals surface area contributed by atoms with Crippen molar-refractivity contribution >= 4 is 32.8 Å². The highest BCUT2D eigenvalue weighted by Gasteiger charge is 2.33. The minimum atomic E-state index is -0.0995. The number of carbonyl (C=O) groups is 1. The van der Waals surface area contributed by atoms with Crippen molar-refractivity contribution in [1.29, 1.82) is 0 Å². The van der Waals surface area contributed by atoms with Gasteiger partial charge in [0.25, 0.3) is 5.91 Å². The maximum atomic E-state index is 12.4. The number of halogens is 1. The second kappa shape index (κ2) is 5.10. The van der Waals surface area contributed by atoms with Gasteiger partial charge >= 0.3 is 0 Å². The SMILES string of the molecule is O=C(N[C@@H]1C[C@@H]2CCN(C2)C1)c1cc2c(Br)coc2cn1. The normalized spacial score (nSPS) is 28.0. The van der Waals surface area contributed by atoms with Crippen molar-refractivity contribution in [2.24, 2.45) is 5.92 Å². The number of piperidine rings is 1. The van der Waals surface area contributed by atoms with Crippen molar-refractivity contribution in [2.45, 2.75) is 18.9 Å². The summed E-state index contributed by atoms with van der Waals surface area (Å²) in [5, 5.41) is 4.00. The third-order valence-electron chi connectivity index (χ3n) is 4.45. The molecule has 21 heavy (non-hydrogen) atoms. The van der Waals surface area contributed by atoms with Crippen LogP contribution in [-0.4, -0.2) is 41.5 Å². The molecule has 1 N–H and O–H groups in total. The van der Waals surface area contributed by atoms with Crippen molar-refractivity contribution < 1.29 is 9.21 Å². The molecule has 5 nitrogen and oxygen atoms in total. The zero-order chi connectivity index (χ0) is 14.4. The number of pyridine rings is 1. The molecule has 4 heterocycles. The number of rotatable bonds is 2. The van der Waals surface area contributed by atoms with Gasteiger partial charge in [0.2, 0.25) is 0 Å². The molecule has 1 amide bonds. The van der Waals surface area contributed by atoms with Gasteiger partial charge in [-0.3, -0.25) is 4.79 Å². The summed E-state index contributed by atoms with van der Waals surface area (Å²) >= 11 is 3.41. The van der Waals surface area contributed by atoms with Crippen molar-refractivity contribution in [1.82, 2.24) is 15.2 Å². The van der Waals surface area contributed by atoms with E-state index < -0.39 is 0 Å². The molecule has 1 unspecified atom stereocenters. The highest BCUT2D eigenvalue weighted by molar-refractivity contribution is 9.10. The van der Waals surface area contributed by atoms with Gasteiger partial charge in [0.1, 0.15) is 12.0 Å². The molecule has 2 aliphatic heterocycles. The number of carbonyl (C=O) groups excluding carboxylic acids is 1. The number of furan rings is 1. The maximum absolute atomic E-state index is 12.4. The lowest BCUT2D eigenvalue weighted by atomic mass is 9.97. The van der Waals surface area contributed by atoms with Gasteiger partial charge in [0.05, 0.1) is 10.7 Å². The lowest BCUT2D eigenvalue weighted by Crippen LogP contribution is -2.47. The topological polar surface area (TPSA) is 58.4 Å². The third kappa shape index (κ3) is 2.46. The van der Waals surface area contributed by atoms with E-state index in [2.05, 4.69) is 31.1 Å². The summed E-state index contributed by atoms with van der Waals surface area (Å²) in [4.78, 5) is 19.0. The van der Waals surface area contributed by atoms with E-state index in [1.165, 1.54) is 19.5 Å². The average molecular weight is 350 g/mol. The van der Waals surface area contributed by atoms with Crippen LogP contribution in [0.3, 0.4) is 0 Å². The van der Waals surface area contributed by atoms with Crippen molar-refractivity contribution in [3.63, 3.8) is 0 Å². The first-order valence-electron chi connectivity index (χ1n) is 7.25. The first-order chi connectivity index (χ1) is 10.2. The van der Waals surface area contributed by atoms with Gasteiger partial charge in [0.15, 0.2) is 5.58 Å². The van der Waals surface area contributed by atoms with E-state index in [-0.39, 0.29) is 11.9 Å². The summed E-state index contributed by atoms with van der Waals surface area (Å²) < 4.78 is 6.17. The van der Waals surface area contributed by atoms with Gasteiger partial charge in [-0.25, -0.2) is 4.98 Å². The zero-order valence-corrected chi connectivity index (χ0v) is 13.1. The van der Waals surface area contributed by atoms with Gasteiger partial charge in [-0.05, 0) is 47.3 Å². The second-order valence-electron chi connectivity index (χ2n) is 5.97. The highest BCUT2D eigenvalue weighted by Crippen LogP contribution is 2.28. The van der Waals surface area contributed by atoms with Crippen LogP contribution in [0, 0.1) is 5.92 Å². The van der Waals surface area contributed by atoms with Crippen LogP contribution in [0.1, 0.15) is 23.3 Å². The molecule has 2 fully saturated rings. The van der Waals surface area contributed by atoms with Gasteiger partial charge in [-0.2, -0.15) is 0 Å². The van der Waals surface area contributed by atoms with E-state index in [9.17, 15) is 4.79 Å². The largest absolute Gasteiger partial charge is 0.461 e. The first-order valence-corrected chi connectivity index (χ1v) is 8.04. The molecule has 4 rings (SSSR count). The van der Waals surface area contributed by atoms with Crippen LogP contribution < -0.4 is 5.32 Å². The molecule has 2 bridgehead atoms. The molecule has 0 saturated carbocycles. The Bertz CT molecular complexity index is 687. The van der Waals surface area contributed by atoms with Gasteiger partial charge < -0.3 is 14.6 Å². The number of amides is 1. The standard InChI is InChI=1S/C15H16BrN3O2/c16-12-8-21-14-5-17-13(4-11(12)14)15(20)18-10-3-9-1-2-19(6-9)7-10/h4-5,8-10H,1-3,6-7H2,(H,18,20)/t9-,10+/m0/s1. The predicted molar refractivity (Wildman–Crippen MR) is 82.1 cm³/mol. The maximum Gasteiger partial charge on any atom is 0.270 e. The highest BCUT2D eigenvalue weighted by atomic mass is 79.9. The number of nitrogens with zero attached hydrogens (tertiary/aromatic N) is 2. The summed E-state index contributed by atoms with van der Waals surface area (Å²) in [6.45, 7) is 3.32. The lowest BCUT2D eigenvalue weighted by molar-refractivity contribution is 0.0904. The van der Waals surface area contributed by atoms with E-state index in [0.29, 0.717) is 11.3 Å². The molecule has 0 aliphatic carbocycles. The Hall–Kier alpha value is -1.40. The van der Waals surface area contributed by atoms with E-state index in [4.69, 9.17) is 4.42 Å². The summed E-state index contributed by atoms with van der Waals surface area (Å²) in [5.74, 6) is 0.639. The minimum Gasteiger partial charge on any atom is -0.461 e. The molecule has 0 aromatic carbocycles. The molecule has 6 heteroatoms. The predicted octanol–water partition coefficient (Wildman–Crippen LogP) is 2.41. The number of hydrogen-bond acceptors (Lipinski definition) is 4. The average Bonchev–Trinajstić information content (AvgIpc) is 3.02. The van der Waals surface area contributed by atoms with Crippen LogP contribution in [0.15, 0.2) is 27.4 Å². The quantitative estimate of drug-likeness (QED) is 0.904. The summed E-state index contributed by atoms with van der Waals surface area (Å²) in [7, 11) is 0. The Morgan fingerprint density at radius 2 is 2.38 bits per heavy atom. The Kier molecular flexibility index (Phi) is 3.23. The van der Waals surface area contributed by atoms with Gasteiger partial charge in [-0.1, -0.05) is 0 Å². The van der Waals surface area contributed by atoms with Crippen LogP contribution in [0.5, 0.6) is 0 Å². The Morgan fingerprint density at radius 3 is 3.24 bits per heavy atom. The summed E-state index contributed by atoms with van der Waals surface area (Å²) in [5.41, 5.74) is 1.12. The monoisotopic (exact) mass is 349 g/mol. The molecular formula is C15H16BrN3O2. The fourth-order valence-corrected chi connectivity index (χ4v) is 3.85. The van der Waals surface area contributed by atoms with E-state index in [1.54, 1.807) is 18.5 Å². The molecule has 110 valence electrons. The van der Waals surface area contributed by atoms with Crippen LogP contribution in [0.4, 0.5) is 0 Å². The Balaban J connectivity index is 1.52. The summed E-state index contributed by atoms with van der Waals surface area (Å²) in [6.07, 6.45) is 5.56. The van der Waals surface area contributed by atoms with Crippen molar-refractivity contribution in [3.05, 3.63) is 28.7 Å². The molecule has 2 aromatic rings. The van der Waals surface area contributed by atoms with Crippen LogP contribution in [0.25, 0.3) is 11.0 Å². The lowest BCUT2D eigenvalue weighted by Gasteiger charge is -2.30. The number of fused-ring (bicyclic) bond motifs is 3. The van der Waals surface area contributed by atoms with Crippen LogP contribution in [-0.2, 0) is 0 Å². The molecule has 2 aromatic heterocycles. The van der Waals surface area contributed by atoms with Crippen molar-refractivity contribution in [2.75, 3.05) is 19.6 Å². The van der Waals surface area contributed by atoms with E-state index in [0.717, 1.165) is 28.7 Å². The molecule has 0 spiro atoms. The fraction of sp³-hybridized carbons (Fsp3) is 0.467. The summed E-state index contributed by atoms with van der Waals surface area (Å²) in [6, 6.07) is 2.01. The molecule has 0 radical (unpaired) electrons. The minimum absolute atomic E-state index is 0.0995. The first kappa shape index (κ1) is 13.3. The molecular weight excluding hydrogens is 334 g/mol. The third-order valence-corrected chi connectivity index (χ3v) is 5.06. The van der Waals surface area contributed by atoms with E-state index >= 15 is 0 Å². The Morgan fingerprint density at radius 1 is 1.48 bits per heavy atom. The number of nitrogens with one attached hydrogen (secondary N) is 1. The van der Waals surface area contributed by atoms with Gasteiger partial charge in [-0.15, -0.1) is 0 Å². The van der Waals surface area contributed by atoms with Crippen molar-refractivity contribution in [3.8, 4) is 0 Å². The number of hydrogen-bond donors (Lipinski definition) is 1. The number of aromatic nitrogens is 1. The second-order valence-corrected chi connectivity index (χ2v) is 6.82. The van der Waals surface area contributed by atoms with Gasteiger partial charge in [0, 0.05) is 24.5 Å². The smallest absolute Gasteiger partial charge is 0.270 e. The molecule has 2 aliphatic rings.